The highest BCUT2D eigenvalue weighted by Crippen LogP contribution is 2.11. The Labute approximate surface area is 151 Å². The quantitative estimate of drug-likeness (QED) is 0.552. The number of carboxylic acid groups (broad SMARTS) is 1. The second-order valence-electron chi connectivity index (χ2n) is 7.46. The number of rotatable bonds is 12. The Balaban J connectivity index is 0.00000118. The average Bonchev–Trinajstić information content (AvgIpc) is 2.56. The van der Waals surface area contributed by atoms with E-state index in [9.17, 15) is 0 Å². The van der Waals surface area contributed by atoms with E-state index < -0.39 is 5.97 Å². The molecule has 0 saturated carbocycles. The highest BCUT2D eigenvalue weighted by atomic mass is 16.4. The molecular weight excluding hydrogens is 298 g/mol. The van der Waals surface area contributed by atoms with E-state index in [1.807, 2.05) is 4.90 Å². The van der Waals surface area contributed by atoms with Crippen LogP contribution in [0.3, 0.4) is 0 Å². The van der Waals surface area contributed by atoms with Gasteiger partial charge < -0.3 is 14.8 Å². The highest BCUT2D eigenvalue weighted by Gasteiger charge is 2.24. The molecule has 1 saturated heterocycles. The van der Waals surface area contributed by atoms with Crippen molar-refractivity contribution in [1.82, 2.24) is 0 Å². The van der Waals surface area contributed by atoms with Crippen LogP contribution in [0.25, 0.3) is 0 Å². The van der Waals surface area contributed by atoms with Crippen molar-refractivity contribution in [2.45, 2.75) is 117 Å². The summed E-state index contributed by atoms with van der Waals surface area (Å²) in [6.07, 6.45) is 20.5. The lowest BCUT2D eigenvalue weighted by molar-refractivity contribution is -0.931. The van der Waals surface area contributed by atoms with Crippen molar-refractivity contribution in [3.05, 3.63) is 0 Å². The molecule has 0 bridgehead atoms. The smallest absolute Gasteiger partial charge is 0.0874 e. The molecule has 0 spiro atoms. The number of nitrogens with one attached hydrogen (secondary N) is 1. The van der Waals surface area contributed by atoms with Gasteiger partial charge in [0.25, 0.3) is 0 Å². The van der Waals surface area contributed by atoms with Crippen molar-refractivity contribution in [2.75, 3.05) is 13.1 Å². The first kappa shape index (κ1) is 23.4. The van der Waals surface area contributed by atoms with Gasteiger partial charge in [0.15, 0.2) is 0 Å². The fraction of sp³-hybridized carbons (Fsp3) is 0.952. The van der Waals surface area contributed by atoms with Gasteiger partial charge in [0.2, 0.25) is 0 Å². The maximum Gasteiger partial charge on any atom is 0.0874 e. The summed E-state index contributed by atoms with van der Waals surface area (Å²) in [4.78, 5) is 10.8. The molecule has 0 aromatic rings. The molecule has 1 fully saturated rings. The van der Waals surface area contributed by atoms with E-state index >= 15 is 0 Å². The zero-order chi connectivity index (χ0) is 18.0. The zero-order valence-electron chi connectivity index (χ0n) is 16.7. The number of piperidine rings is 1. The number of hydrogen-bond donors (Lipinski definition) is 1. The Morgan fingerprint density at radius 1 is 0.917 bits per heavy atom. The predicted molar refractivity (Wildman–Crippen MR) is 101 cm³/mol. The molecule has 0 aromatic heterocycles. The molecule has 0 aromatic carbocycles. The minimum atomic E-state index is -1.08. The van der Waals surface area contributed by atoms with Crippen LogP contribution in [-0.2, 0) is 4.79 Å². The first-order valence-electron chi connectivity index (χ1n) is 10.6. The van der Waals surface area contributed by atoms with Gasteiger partial charge >= 0.3 is 0 Å². The van der Waals surface area contributed by atoms with Crippen LogP contribution in [0.5, 0.6) is 0 Å². The summed E-state index contributed by atoms with van der Waals surface area (Å²) in [6.45, 7) is 8.53. The Bertz CT molecular complexity index is 277. The predicted octanol–water partition coefficient (Wildman–Crippen LogP) is 3.51. The van der Waals surface area contributed by atoms with E-state index in [2.05, 4.69) is 13.8 Å². The number of carbonyl (C=O) groups excluding carboxylic acids is 1. The molecule has 1 aliphatic heterocycles. The number of aliphatic carboxylic acids is 1. The SMILES string of the molecule is CC(=O)[O-].CCCCCCCCCC[NH+]1CCCCC1CCCC. The van der Waals surface area contributed by atoms with Crippen molar-refractivity contribution in [2.24, 2.45) is 0 Å². The van der Waals surface area contributed by atoms with Gasteiger partial charge in [-0.05, 0) is 51.9 Å². The van der Waals surface area contributed by atoms with E-state index in [4.69, 9.17) is 9.90 Å². The van der Waals surface area contributed by atoms with Crippen molar-refractivity contribution in [3.8, 4) is 0 Å². The van der Waals surface area contributed by atoms with Crippen LogP contribution in [0.2, 0.25) is 0 Å². The van der Waals surface area contributed by atoms with Crippen molar-refractivity contribution in [1.29, 1.82) is 0 Å². The van der Waals surface area contributed by atoms with E-state index in [0.29, 0.717) is 0 Å². The minimum absolute atomic E-state index is 0.972. The standard InChI is InChI=1S/C19H39N.C2H4O2/c1-3-5-7-8-9-10-11-13-17-20-18-14-12-16-19(20)15-6-4-2;1-2(3)4/h19H,3-18H2,1-2H3;1H3,(H,3,4). The number of carboxylic acids is 1. The highest BCUT2D eigenvalue weighted by molar-refractivity contribution is 5.60. The summed E-state index contributed by atoms with van der Waals surface area (Å²) in [5, 5.41) is 8.89. The second-order valence-corrected chi connectivity index (χ2v) is 7.46. The van der Waals surface area contributed by atoms with Crippen LogP contribution in [-0.4, -0.2) is 25.1 Å². The van der Waals surface area contributed by atoms with E-state index in [0.717, 1.165) is 13.0 Å². The monoisotopic (exact) mass is 341 g/mol. The Morgan fingerprint density at radius 3 is 2.04 bits per heavy atom. The third-order valence-electron chi connectivity index (χ3n) is 5.14. The number of carbonyl (C=O) groups is 1. The lowest BCUT2D eigenvalue weighted by Gasteiger charge is -2.32. The van der Waals surface area contributed by atoms with Gasteiger partial charge in [0, 0.05) is 5.97 Å². The van der Waals surface area contributed by atoms with E-state index in [1.54, 1.807) is 0 Å². The molecule has 24 heavy (non-hydrogen) atoms. The molecule has 3 heteroatoms. The van der Waals surface area contributed by atoms with Gasteiger partial charge in [0.05, 0.1) is 19.1 Å². The Kier molecular flexibility index (Phi) is 16.8. The lowest BCUT2D eigenvalue weighted by Crippen LogP contribution is -3.16. The van der Waals surface area contributed by atoms with Gasteiger partial charge in [-0.15, -0.1) is 0 Å². The molecule has 1 rings (SSSR count). The number of unbranched alkanes of at least 4 members (excludes halogenated alkanes) is 8. The summed E-state index contributed by atoms with van der Waals surface area (Å²) in [7, 11) is 0. The molecule has 3 nitrogen and oxygen atoms in total. The van der Waals surface area contributed by atoms with Crippen LogP contribution in [0.4, 0.5) is 0 Å². The van der Waals surface area contributed by atoms with Gasteiger partial charge in [-0.1, -0.05) is 58.8 Å². The summed E-state index contributed by atoms with van der Waals surface area (Å²) in [6, 6.07) is 1.01. The number of hydrogen-bond acceptors (Lipinski definition) is 2. The molecule has 1 aliphatic rings. The maximum atomic E-state index is 8.89. The normalized spacial score (nSPS) is 20.3. The van der Waals surface area contributed by atoms with E-state index in [1.165, 1.54) is 103 Å². The van der Waals surface area contributed by atoms with Gasteiger partial charge in [0.1, 0.15) is 0 Å². The molecule has 1 heterocycles. The fourth-order valence-corrected chi connectivity index (χ4v) is 3.77. The molecule has 0 amide bonds. The third kappa shape index (κ3) is 15.0. The van der Waals surface area contributed by atoms with Crippen molar-refractivity contribution in [3.63, 3.8) is 0 Å². The topological polar surface area (TPSA) is 44.6 Å². The number of quaternary nitrogens is 1. The summed E-state index contributed by atoms with van der Waals surface area (Å²) in [5.41, 5.74) is 0. The summed E-state index contributed by atoms with van der Waals surface area (Å²) in [5.74, 6) is -1.08. The lowest BCUT2D eigenvalue weighted by atomic mass is 9.97. The molecule has 0 aliphatic carbocycles. The number of likely N-dealkylation sites (tertiary alicyclic amines) is 1. The Hall–Kier alpha value is -0.570. The largest absolute Gasteiger partial charge is 0.550 e. The van der Waals surface area contributed by atoms with Crippen LogP contribution >= 0.6 is 0 Å². The third-order valence-corrected chi connectivity index (χ3v) is 5.14. The zero-order valence-corrected chi connectivity index (χ0v) is 16.7. The van der Waals surface area contributed by atoms with Crippen LogP contribution in [0.15, 0.2) is 0 Å². The molecule has 2 atom stereocenters. The fourth-order valence-electron chi connectivity index (χ4n) is 3.77. The van der Waals surface area contributed by atoms with Gasteiger partial charge in [-0.2, -0.15) is 0 Å². The van der Waals surface area contributed by atoms with E-state index in [-0.39, 0.29) is 0 Å². The molecule has 1 N–H and O–H groups in total. The van der Waals surface area contributed by atoms with Crippen molar-refractivity contribution >= 4 is 5.97 Å². The second kappa shape index (κ2) is 17.3. The summed E-state index contributed by atoms with van der Waals surface area (Å²) >= 11 is 0. The van der Waals surface area contributed by atoms with Gasteiger partial charge in [-0.25, -0.2) is 0 Å². The summed E-state index contributed by atoms with van der Waals surface area (Å²) < 4.78 is 0. The van der Waals surface area contributed by atoms with Gasteiger partial charge in [-0.3, -0.25) is 0 Å². The minimum Gasteiger partial charge on any atom is -0.550 e. The van der Waals surface area contributed by atoms with Crippen LogP contribution < -0.4 is 10.0 Å². The van der Waals surface area contributed by atoms with Crippen LogP contribution in [0.1, 0.15) is 111 Å². The first-order valence-corrected chi connectivity index (χ1v) is 10.6. The molecule has 0 radical (unpaired) electrons. The first-order chi connectivity index (χ1) is 11.6. The molecular formula is C21H43NO2. The van der Waals surface area contributed by atoms with Crippen LogP contribution in [0, 0.1) is 0 Å². The maximum absolute atomic E-state index is 8.89. The Morgan fingerprint density at radius 2 is 1.46 bits per heavy atom. The average molecular weight is 342 g/mol. The van der Waals surface area contributed by atoms with Crippen molar-refractivity contribution < 1.29 is 14.8 Å². The molecule has 2 unspecified atom stereocenters. The molecule has 144 valence electrons.